The topological polar surface area (TPSA) is 200 Å². The van der Waals surface area contributed by atoms with Gasteiger partial charge < -0.3 is 60.0 Å². The average molecular weight is 1030 g/mol. The Kier molecular flexibility index (Phi) is 14.9. The van der Waals surface area contributed by atoms with Crippen molar-refractivity contribution in [2.24, 2.45) is 0 Å². The molecular weight excluding hydrogens is 973 g/mol. The molecule has 392 valence electrons. The maximum absolute atomic E-state index is 12.6. The summed E-state index contributed by atoms with van der Waals surface area (Å²) in [6.45, 7) is 11.2. The third kappa shape index (κ3) is 12.0. The molecule has 0 unspecified atom stereocenters. The summed E-state index contributed by atoms with van der Waals surface area (Å²) in [7, 11) is 0. The van der Waals surface area contributed by atoms with Crippen LogP contribution in [-0.4, -0.2) is 85.0 Å². The van der Waals surface area contributed by atoms with E-state index in [1.54, 1.807) is 18.2 Å². The number of nitrogens with zero attached hydrogens (tertiary/aromatic N) is 4. The molecule has 0 aliphatic carbocycles. The first-order valence-electron chi connectivity index (χ1n) is 26.1. The minimum Gasteiger partial charge on any atom is -0.456 e. The number of anilines is 6. The first kappa shape index (κ1) is 50.2. The number of H-pyrrole nitrogens is 2. The highest BCUT2D eigenvalue weighted by Gasteiger charge is 2.25. The number of carbonyl (C=O) groups excluding carboxylic acids is 1. The van der Waals surface area contributed by atoms with Gasteiger partial charge in [0, 0.05) is 110 Å². The fourth-order valence-electron chi connectivity index (χ4n) is 10.0. The summed E-state index contributed by atoms with van der Waals surface area (Å²) in [6, 6.07) is 43.3. The summed E-state index contributed by atoms with van der Waals surface area (Å²) in [4.78, 5) is 56.0. The van der Waals surface area contributed by atoms with E-state index in [0.29, 0.717) is 51.8 Å². The smallest absolute Gasteiger partial charge is 0.250 e. The zero-order valence-corrected chi connectivity index (χ0v) is 43.0. The molecule has 4 aliphatic heterocycles. The highest BCUT2D eigenvalue weighted by Crippen LogP contribution is 2.45. The van der Waals surface area contributed by atoms with Crippen molar-refractivity contribution in [2.45, 2.75) is 39.8 Å². The second-order valence-electron chi connectivity index (χ2n) is 19.2. The Morgan fingerprint density at radius 1 is 0.545 bits per heavy atom. The molecule has 0 spiro atoms. The summed E-state index contributed by atoms with van der Waals surface area (Å²) in [5, 5.41) is 12.9. The molecule has 0 radical (unpaired) electrons. The van der Waals surface area contributed by atoms with Crippen LogP contribution in [0.2, 0.25) is 0 Å². The van der Waals surface area contributed by atoms with Crippen molar-refractivity contribution in [3.8, 4) is 45.5 Å². The van der Waals surface area contributed by atoms with Crippen LogP contribution in [0.1, 0.15) is 47.5 Å². The normalized spacial score (nSPS) is 14.2. The van der Waals surface area contributed by atoms with Crippen molar-refractivity contribution in [1.29, 1.82) is 0 Å². The molecule has 0 atom stereocenters. The summed E-state index contributed by atoms with van der Waals surface area (Å²) in [5.74, 6) is 4.44. The van der Waals surface area contributed by atoms with Crippen LogP contribution in [0.4, 0.5) is 34.4 Å². The van der Waals surface area contributed by atoms with E-state index in [1.165, 1.54) is 6.92 Å². The Morgan fingerprint density at radius 2 is 1.01 bits per heavy atom. The lowest BCUT2D eigenvalue weighted by Gasteiger charge is -2.29. The Hall–Kier alpha value is -8.93. The molecule has 2 fully saturated rings. The number of pyridine rings is 4. The highest BCUT2D eigenvalue weighted by atomic mass is 16.5. The molecule has 2 saturated heterocycles. The van der Waals surface area contributed by atoms with Crippen molar-refractivity contribution >= 4 is 40.3 Å². The average Bonchev–Trinajstić information content (AvgIpc) is 3.46. The Morgan fingerprint density at radius 3 is 1.49 bits per heavy atom. The maximum Gasteiger partial charge on any atom is 0.250 e. The predicted octanol–water partition coefficient (Wildman–Crippen LogP) is 9.55. The molecule has 12 rings (SSSR count). The monoisotopic (exact) mass is 1030 g/mol. The van der Waals surface area contributed by atoms with Crippen LogP contribution in [0, 0.1) is 0 Å². The second-order valence-corrected chi connectivity index (χ2v) is 19.2. The first-order valence-corrected chi connectivity index (χ1v) is 26.1. The number of carbonyl (C=O) groups is 1. The zero-order chi connectivity index (χ0) is 52.7. The number of benzene rings is 4. The number of aromatic nitrogens is 4. The van der Waals surface area contributed by atoms with Gasteiger partial charge in [-0.2, -0.15) is 0 Å². The zero-order valence-electron chi connectivity index (χ0n) is 43.0. The third-order valence-corrected chi connectivity index (χ3v) is 13.7. The van der Waals surface area contributed by atoms with Crippen molar-refractivity contribution < 1.29 is 23.7 Å². The van der Waals surface area contributed by atoms with Gasteiger partial charge in [0.15, 0.2) is 0 Å². The summed E-state index contributed by atoms with van der Waals surface area (Å²) >= 11 is 0. The van der Waals surface area contributed by atoms with E-state index in [0.717, 1.165) is 147 Å². The van der Waals surface area contributed by atoms with Gasteiger partial charge in [-0.15, -0.1) is 0 Å². The van der Waals surface area contributed by atoms with E-state index < -0.39 is 0 Å². The van der Waals surface area contributed by atoms with Gasteiger partial charge in [0.05, 0.1) is 62.3 Å². The van der Waals surface area contributed by atoms with Gasteiger partial charge in [-0.05, 0) is 103 Å². The van der Waals surface area contributed by atoms with E-state index in [9.17, 15) is 14.4 Å². The number of hydrogen-bond acceptors (Lipinski definition) is 14. The fourth-order valence-corrected chi connectivity index (χ4v) is 10.0. The molecule has 17 heteroatoms. The van der Waals surface area contributed by atoms with Gasteiger partial charge in [0.1, 0.15) is 34.6 Å². The molecule has 4 aromatic carbocycles. The lowest BCUT2D eigenvalue weighted by atomic mass is 9.96. The van der Waals surface area contributed by atoms with Crippen molar-refractivity contribution in [2.75, 3.05) is 90.2 Å². The molecule has 17 nitrogen and oxygen atoms in total. The molecule has 0 bridgehead atoms. The number of aromatic amines is 2. The van der Waals surface area contributed by atoms with Crippen molar-refractivity contribution in [1.82, 2.24) is 19.9 Å². The minimum absolute atomic E-state index is 0.126. The molecule has 8 heterocycles. The summed E-state index contributed by atoms with van der Waals surface area (Å²) in [5.41, 5.74) is 12.8. The Labute approximate surface area is 445 Å². The van der Waals surface area contributed by atoms with Crippen molar-refractivity contribution in [3.05, 3.63) is 188 Å². The van der Waals surface area contributed by atoms with Crippen LogP contribution in [0.5, 0.6) is 23.0 Å². The second kappa shape index (κ2) is 22.9. The number of amides is 1. The van der Waals surface area contributed by atoms with Gasteiger partial charge in [0.2, 0.25) is 17.0 Å². The van der Waals surface area contributed by atoms with Crippen LogP contribution in [0.15, 0.2) is 143 Å². The number of hydrogen-bond donors (Lipinski definition) is 6. The van der Waals surface area contributed by atoms with Crippen LogP contribution < -0.4 is 51.7 Å². The first-order chi connectivity index (χ1) is 37.7. The molecule has 1 amide bonds. The number of fused-ring (bicyclic) bond motifs is 4. The minimum atomic E-state index is -0.151. The third-order valence-electron chi connectivity index (χ3n) is 13.7. The maximum atomic E-state index is 12.6. The molecule has 8 aromatic rings. The standard InChI is InChI=1S/C30H29N5O4.C30H31N5O3/c1-19(36)32-28-7-3-5-23(33-28)18-31-22-8-9-27-21(15-22)14-20-4-2-6-25(30(20)39-27)26-16-24(17-29(37)34-26)35-10-12-38-13-11-35;1-2-31-28-8-4-6-23(33-28)19-32-22-9-10-27-21(16-22)15-20-5-3-7-25(30(20)38-27)26-17-24(18-29(36)34-26)35-11-13-37-14-12-35/h2-9,15-17,31H,10-14,18H2,1H3,(H,34,37)(H,32,33,36);3-10,16-18,32H,2,11-15,19H2,1H3,(H,31,33)(H,34,36). The number of morpholine rings is 2. The van der Waals surface area contributed by atoms with Crippen LogP contribution in [-0.2, 0) is 40.2 Å². The number of ether oxygens (including phenoxy) is 4. The van der Waals surface area contributed by atoms with Gasteiger partial charge in [-0.3, -0.25) is 14.4 Å². The van der Waals surface area contributed by atoms with Crippen molar-refractivity contribution in [3.63, 3.8) is 0 Å². The quantitative estimate of drug-likeness (QED) is 0.0638. The van der Waals surface area contributed by atoms with Gasteiger partial charge in [-0.1, -0.05) is 36.4 Å². The number of para-hydroxylation sites is 2. The molecule has 4 aromatic heterocycles. The van der Waals surface area contributed by atoms with Crippen LogP contribution in [0.3, 0.4) is 0 Å². The largest absolute Gasteiger partial charge is 0.456 e. The molecule has 4 aliphatic rings. The lowest BCUT2D eigenvalue weighted by Crippen LogP contribution is -2.36. The summed E-state index contributed by atoms with van der Waals surface area (Å²) < 4.78 is 23.8. The van der Waals surface area contributed by atoms with Crippen LogP contribution >= 0.6 is 0 Å². The predicted molar refractivity (Wildman–Crippen MR) is 301 cm³/mol. The Bertz CT molecular complexity index is 3570. The lowest BCUT2D eigenvalue weighted by molar-refractivity contribution is -0.114. The fraction of sp³-hybridized carbons (Fsp3) is 0.250. The number of nitrogens with one attached hydrogen (secondary N) is 6. The van der Waals surface area contributed by atoms with Gasteiger partial charge in [-0.25, -0.2) is 9.97 Å². The van der Waals surface area contributed by atoms with Gasteiger partial charge >= 0.3 is 0 Å². The number of rotatable bonds is 13. The SMILES string of the molecule is CC(=O)Nc1cccc(CNc2ccc3c(c2)Cc2cccc(-c4cc(N5CCOCC5)cc(=O)[nH]4)c2O3)n1.CCNc1cccc(CNc2ccc3c(c2)Cc2cccc(-c4cc(N5CCOCC5)cc(=O)[nH]4)c2O3)n1. The van der Waals surface area contributed by atoms with E-state index in [2.05, 4.69) is 82.2 Å². The molecule has 6 N–H and O–H groups in total. The van der Waals surface area contributed by atoms with E-state index in [1.807, 2.05) is 91.0 Å². The van der Waals surface area contributed by atoms with E-state index >= 15 is 0 Å². The molecule has 0 saturated carbocycles. The van der Waals surface area contributed by atoms with Gasteiger partial charge in [0.25, 0.3) is 0 Å². The van der Waals surface area contributed by atoms with E-state index in [4.69, 9.17) is 18.9 Å². The van der Waals surface area contributed by atoms with Crippen LogP contribution in [0.25, 0.3) is 22.5 Å². The highest BCUT2D eigenvalue weighted by molar-refractivity contribution is 5.87. The van der Waals surface area contributed by atoms with E-state index in [-0.39, 0.29) is 17.0 Å². The Balaban J connectivity index is 0.000000164. The molecule has 77 heavy (non-hydrogen) atoms. The summed E-state index contributed by atoms with van der Waals surface area (Å²) in [6.07, 6.45) is 1.45. The molecular formula is C60H60N10O7.